The van der Waals surface area contributed by atoms with Crippen molar-refractivity contribution < 1.29 is 9.53 Å². The van der Waals surface area contributed by atoms with Crippen molar-refractivity contribution in [1.82, 2.24) is 0 Å². The lowest BCUT2D eigenvalue weighted by Gasteiger charge is -2.11. The Morgan fingerprint density at radius 2 is 1.54 bits per heavy atom. The predicted molar refractivity (Wildman–Crippen MR) is 112 cm³/mol. The van der Waals surface area contributed by atoms with Gasteiger partial charge in [-0.15, -0.1) is 0 Å². The second kappa shape index (κ2) is 7.92. The van der Waals surface area contributed by atoms with Crippen LogP contribution in [0.25, 0.3) is 6.08 Å². The van der Waals surface area contributed by atoms with Gasteiger partial charge in [-0.1, -0.05) is 60.7 Å². The number of amides is 1. The molecule has 138 valence electrons. The van der Waals surface area contributed by atoms with Crippen LogP contribution in [0.2, 0.25) is 0 Å². The van der Waals surface area contributed by atoms with Gasteiger partial charge in [0.1, 0.15) is 12.4 Å². The highest BCUT2D eigenvalue weighted by Crippen LogP contribution is 2.25. The molecule has 4 nitrogen and oxygen atoms in total. The number of hydrogen-bond acceptors (Lipinski definition) is 3. The number of ether oxygens (including phenoxy) is 1. The van der Waals surface area contributed by atoms with Crippen LogP contribution in [0.1, 0.15) is 18.1 Å². The van der Waals surface area contributed by atoms with E-state index in [-0.39, 0.29) is 5.91 Å². The van der Waals surface area contributed by atoms with Crippen molar-refractivity contribution in [2.24, 2.45) is 5.10 Å². The van der Waals surface area contributed by atoms with Gasteiger partial charge in [-0.05, 0) is 48.4 Å². The zero-order valence-electron chi connectivity index (χ0n) is 15.6. The van der Waals surface area contributed by atoms with Crippen LogP contribution in [-0.2, 0) is 11.4 Å². The summed E-state index contributed by atoms with van der Waals surface area (Å²) < 4.78 is 5.81. The molecule has 3 aromatic rings. The lowest BCUT2D eigenvalue weighted by Crippen LogP contribution is -2.21. The molecule has 1 aliphatic heterocycles. The number of carbonyl (C=O) groups excluding carboxylic acids is 1. The lowest BCUT2D eigenvalue weighted by atomic mass is 10.1. The summed E-state index contributed by atoms with van der Waals surface area (Å²) in [6, 6.07) is 27.2. The van der Waals surface area contributed by atoms with E-state index in [0.717, 1.165) is 22.6 Å². The molecule has 4 rings (SSSR count). The maximum Gasteiger partial charge on any atom is 0.280 e. The fourth-order valence-electron chi connectivity index (χ4n) is 3.00. The highest BCUT2D eigenvalue weighted by Gasteiger charge is 2.28. The second-order valence-electron chi connectivity index (χ2n) is 6.54. The standard InChI is InChI=1S/C24H20N2O2/c1-18-23(24(27)26(25-18)21-10-6-3-7-11-21)16-19-12-14-22(15-13-19)28-17-20-8-4-2-5-9-20/h2-16H,17H2,1H3. The molecular weight excluding hydrogens is 348 g/mol. The first-order valence-electron chi connectivity index (χ1n) is 9.14. The van der Waals surface area contributed by atoms with Crippen LogP contribution in [0, 0.1) is 0 Å². The van der Waals surface area contributed by atoms with E-state index in [0.29, 0.717) is 17.9 Å². The SMILES string of the molecule is CC1=NN(c2ccccc2)C(=O)C1=Cc1ccc(OCc2ccccc2)cc1. The zero-order valence-corrected chi connectivity index (χ0v) is 15.6. The first-order valence-corrected chi connectivity index (χ1v) is 9.14. The summed E-state index contributed by atoms with van der Waals surface area (Å²) in [5, 5.41) is 5.85. The van der Waals surface area contributed by atoms with Gasteiger partial charge in [-0.3, -0.25) is 4.79 Å². The van der Waals surface area contributed by atoms with Crippen molar-refractivity contribution in [2.45, 2.75) is 13.5 Å². The van der Waals surface area contributed by atoms with E-state index in [9.17, 15) is 4.79 Å². The summed E-state index contributed by atoms with van der Waals surface area (Å²) in [6.07, 6.45) is 1.87. The largest absolute Gasteiger partial charge is 0.489 e. The molecule has 0 saturated heterocycles. The van der Waals surface area contributed by atoms with Gasteiger partial charge in [0, 0.05) is 0 Å². The average Bonchev–Trinajstić information content (AvgIpc) is 3.03. The maximum atomic E-state index is 12.8. The third kappa shape index (κ3) is 3.86. The molecule has 1 heterocycles. The molecule has 0 N–H and O–H groups in total. The molecule has 0 unspecified atom stereocenters. The quantitative estimate of drug-likeness (QED) is 0.590. The predicted octanol–water partition coefficient (Wildman–Crippen LogP) is 5.07. The topological polar surface area (TPSA) is 41.9 Å². The summed E-state index contributed by atoms with van der Waals surface area (Å²) in [5.41, 5.74) is 4.12. The fraction of sp³-hybridized carbons (Fsp3) is 0.0833. The van der Waals surface area contributed by atoms with E-state index in [1.807, 2.05) is 97.9 Å². The Kier molecular flexibility index (Phi) is 5.02. The molecule has 3 aromatic carbocycles. The van der Waals surface area contributed by atoms with Crippen molar-refractivity contribution >= 4 is 23.4 Å². The summed E-state index contributed by atoms with van der Waals surface area (Å²) >= 11 is 0. The highest BCUT2D eigenvalue weighted by atomic mass is 16.5. The van der Waals surface area contributed by atoms with Gasteiger partial charge in [-0.2, -0.15) is 10.1 Å². The zero-order chi connectivity index (χ0) is 19.3. The Bertz CT molecular complexity index is 1020. The number of para-hydroxylation sites is 1. The number of anilines is 1. The van der Waals surface area contributed by atoms with E-state index in [1.54, 1.807) is 0 Å². The number of hydrazone groups is 1. The third-order valence-electron chi connectivity index (χ3n) is 4.50. The van der Waals surface area contributed by atoms with E-state index >= 15 is 0 Å². The molecule has 28 heavy (non-hydrogen) atoms. The van der Waals surface area contributed by atoms with Crippen molar-refractivity contribution in [3.05, 3.63) is 102 Å². The molecule has 0 saturated carbocycles. The van der Waals surface area contributed by atoms with Crippen LogP contribution in [0.4, 0.5) is 5.69 Å². The number of carbonyl (C=O) groups is 1. The summed E-state index contributed by atoms with van der Waals surface area (Å²) in [7, 11) is 0. The van der Waals surface area contributed by atoms with E-state index in [1.165, 1.54) is 5.01 Å². The van der Waals surface area contributed by atoms with Gasteiger partial charge in [0.15, 0.2) is 0 Å². The van der Waals surface area contributed by atoms with E-state index < -0.39 is 0 Å². The molecule has 1 amide bonds. The van der Waals surface area contributed by atoms with Gasteiger partial charge < -0.3 is 4.74 Å². The van der Waals surface area contributed by atoms with Gasteiger partial charge >= 0.3 is 0 Å². The molecule has 0 spiro atoms. The number of rotatable bonds is 5. The Morgan fingerprint density at radius 3 is 2.21 bits per heavy atom. The minimum absolute atomic E-state index is 0.117. The first-order chi connectivity index (χ1) is 13.7. The number of nitrogens with zero attached hydrogens (tertiary/aromatic N) is 2. The third-order valence-corrected chi connectivity index (χ3v) is 4.50. The van der Waals surface area contributed by atoms with Crippen molar-refractivity contribution in [3.63, 3.8) is 0 Å². The molecule has 0 fully saturated rings. The van der Waals surface area contributed by atoms with Gasteiger partial charge in [0.2, 0.25) is 0 Å². The molecule has 0 radical (unpaired) electrons. The Balaban J connectivity index is 1.47. The Morgan fingerprint density at radius 1 is 0.893 bits per heavy atom. The molecular formula is C24H20N2O2. The number of benzene rings is 3. The molecule has 1 aliphatic rings. The summed E-state index contributed by atoms with van der Waals surface area (Å²) in [4.78, 5) is 12.8. The highest BCUT2D eigenvalue weighted by molar-refractivity contribution is 6.32. The number of hydrogen-bond donors (Lipinski definition) is 0. The van der Waals surface area contributed by atoms with E-state index in [2.05, 4.69) is 5.10 Å². The van der Waals surface area contributed by atoms with Crippen molar-refractivity contribution in [1.29, 1.82) is 0 Å². The Hall–Kier alpha value is -3.66. The van der Waals surface area contributed by atoms with Crippen LogP contribution in [0.15, 0.2) is 95.6 Å². The minimum Gasteiger partial charge on any atom is -0.489 e. The summed E-state index contributed by atoms with van der Waals surface area (Å²) in [5.74, 6) is 0.674. The average molecular weight is 368 g/mol. The van der Waals surface area contributed by atoms with Crippen LogP contribution in [0.5, 0.6) is 5.75 Å². The lowest BCUT2D eigenvalue weighted by molar-refractivity contribution is -0.114. The van der Waals surface area contributed by atoms with Gasteiger partial charge in [0.05, 0.1) is 17.0 Å². The van der Waals surface area contributed by atoms with Crippen LogP contribution >= 0.6 is 0 Å². The fourth-order valence-corrected chi connectivity index (χ4v) is 3.00. The first kappa shape index (κ1) is 17.7. The molecule has 0 aromatic heterocycles. The van der Waals surface area contributed by atoms with Crippen LogP contribution in [-0.4, -0.2) is 11.6 Å². The second-order valence-corrected chi connectivity index (χ2v) is 6.54. The molecule has 0 bridgehead atoms. The molecule has 0 aliphatic carbocycles. The normalized spacial score (nSPS) is 15.0. The maximum absolute atomic E-state index is 12.8. The molecule has 0 atom stereocenters. The molecule has 4 heteroatoms. The van der Waals surface area contributed by atoms with Crippen LogP contribution in [0.3, 0.4) is 0 Å². The monoisotopic (exact) mass is 368 g/mol. The smallest absolute Gasteiger partial charge is 0.280 e. The van der Waals surface area contributed by atoms with Gasteiger partial charge in [0.25, 0.3) is 5.91 Å². The minimum atomic E-state index is -0.117. The summed E-state index contributed by atoms with van der Waals surface area (Å²) in [6.45, 7) is 2.38. The van der Waals surface area contributed by atoms with Gasteiger partial charge in [-0.25, -0.2) is 0 Å². The van der Waals surface area contributed by atoms with Crippen molar-refractivity contribution in [3.8, 4) is 5.75 Å². The Labute approximate surface area is 164 Å². The van der Waals surface area contributed by atoms with E-state index in [4.69, 9.17) is 4.74 Å². The van der Waals surface area contributed by atoms with Crippen molar-refractivity contribution in [2.75, 3.05) is 5.01 Å². The van der Waals surface area contributed by atoms with Crippen LogP contribution < -0.4 is 9.75 Å².